The number of carbonyl (C=O) groups excluding carboxylic acids is 1. The predicted molar refractivity (Wildman–Crippen MR) is 112 cm³/mol. The van der Waals surface area contributed by atoms with Crippen LogP contribution in [0.4, 0.5) is 4.79 Å². The van der Waals surface area contributed by atoms with Gasteiger partial charge in [-0.2, -0.15) is 0 Å². The first-order valence-electron chi connectivity index (χ1n) is 10.4. The molecule has 0 radical (unpaired) electrons. The molecule has 2 aliphatic rings. The number of aromatic nitrogens is 1. The SMILES string of the molecule is CN(C)CCc1cn(C(=O)NCCN2CCCCC23COC3)c2ccccc12. The molecule has 2 fully saturated rings. The quantitative estimate of drug-likeness (QED) is 0.832. The number of fused-ring (bicyclic) bond motifs is 1. The lowest BCUT2D eigenvalue weighted by Crippen LogP contribution is -2.65. The molecular weight excluding hydrogens is 352 g/mol. The smallest absolute Gasteiger partial charge is 0.326 e. The summed E-state index contributed by atoms with van der Waals surface area (Å²) in [7, 11) is 4.15. The Hall–Kier alpha value is -1.89. The lowest BCUT2D eigenvalue weighted by Gasteiger charge is -2.52. The van der Waals surface area contributed by atoms with Crippen molar-refractivity contribution in [3.63, 3.8) is 0 Å². The van der Waals surface area contributed by atoms with E-state index in [1.807, 2.05) is 24.4 Å². The zero-order chi connectivity index (χ0) is 19.6. The number of likely N-dealkylation sites (tertiary alicyclic amines) is 1. The maximum Gasteiger partial charge on any atom is 0.326 e. The lowest BCUT2D eigenvalue weighted by molar-refractivity contribution is -0.155. The predicted octanol–water partition coefficient (Wildman–Crippen LogP) is 2.56. The van der Waals surface area contributed by atoms with Crippen LogP contribution in [0.1, 0.15) is 24.8 Å². The van der Waals surface area contributed by atoms with Gasteiger partial charge in [-0.3, -0.25) is 9.47 Å². The van der Waals surface area contributed by atoms with Crippen molar-refractivity contribution in [2.45, 2.75) is 31.2 Å². The van der Waals surface area contributed by atoms with Gasteiger partial charge in [0, 0.05) is 31.2 Å². The van der Waals surface area contributed by atoms with Crippen LogP contribution < -0.4 is 5.32 Å². The van der Waals surface area contributed by atoms with E-state index in [-0.39, 0.29) is 11.6 Å². The molecule has 6 nitrogen and oxygen atoms in total. The Morgan fingerprint density at radius 3 is 2.82 bits per heavy atom. The van der Waals surface area contributed by atoms with E-state index >= 15 is 0 Å². The van der Waals surface area contributed by atoms with Crippen molar-refractivity contribution < 1.29 is 9.53 Å². The maximum atomic E-state index is 12.9. The summed E-state index contributed by atoms with van der Waals surface area (Å²) >= 11 is 0. The van der Waals surface area contributed by atoms with Crippen molar-refractivity contribution in [1.82, 2.24) is 19.7 Å². The van der Waals surface area contributed by atoms with Crippen molar-refractivity contribution in [3.05, 3.63) is 36.0 Å². The highest BCUT2D eigenvalue weighted by Crippen LogP contribution is 2.34. The average molecular weight is 385 g/mol. The van der Waals surface area contributed by atoms with Crippen LogP contribution in [-0.2, 0) is 11.2 Å². The van der Waals surface area contributed by atoms with E-state index in [1.165, 1.54) is 30.2 Å². The fourth-order valence-corrected chi connectivity index (χ4v) is 4.51. The van der Waals surface area contributed by atoms with Gasteiger partial charge in [-0.15, -0.1) is 0 Å². The van der Waals surface area contributed by atoms with Gasteiger partial charge in [-0.25, -0.2) is 4.79 Å². The number of rotatable bonds is 6. The standard InChI is InChI=1S/C22H32N4O2/c1-24(2)13-9-18-15-26(20-8-4-3-7-19(18)20)21(27)23-11-14-25-12-6-5-10-22(25)16-28-17-22/h3-4,7-8,15H,5-6,9-14,16-17H2,1-2H3,(H,23,27). The molecule has 2 saturated heterocycles. The Labute approximate surface area is 167 Å². The zero-order valence-corrected chi connectivity index (χ0v) is 17.1. The third-order valence-corrected chi connectivity index (χ3v) is 6.23. The van der Waals surface area contributed by atoms with Gasteiger partial charge < -0.3 is 15.0 Å². The summed E-state index contributed by atoms with van der Waals surface area (Å²) in [6.45, 7) is 5.33. The molecule has 0 aliphatic carbocycles. The molecule has 6 heteroatoms. The molecule has 0 unspecified atom stereocenters. The fourth-order valence-electron chi connectivity index (χ4n) is 4.51. The number of para-hydroxylation sites is 1. The van der Waals surface area contributed by atoms with Crippen molar-refractivity contribution in [2.24, 2.45) is 0 Å². The topological polar surface area (TPSA) is 49.7 Å². The number of benzene rings is 1. The number of likely N-dealkylation sites (N-methyl/N-ethyl adjacent to an activating group) is 1. The first kappa shape index (κ1) is 19.4. The highest BCUT2D eigenvalue weighted by Gasteiger charge is 2.44. The van der Waals surface area contributed by atoms with Crippen LogP contribution in [0.15, 0.2) is 30.5 Å². The number of carbonyl (C=O) groups is 1. The second-order valence-electron chi connectivity index (χ2n) is 8.49. The molecule has 3 heterocycles. The van der Waals surface area contributed by atoms with Crippen LogP contribution in [0.2, 0.25) is 0 Å². The molecular formula is C22H32N4O2. The van der Waals surface area contributed by atoms with E-state index in [1.54, 1.807) is 4.57 Å². The van der Waals surface area contributed by atoms with E-state index < -0.39 is 0 Å². The van der Waals surface area contributed by atoms with Gasteiger partial charge in [-0.1, -0.05) is 24.6 Å². The largest absolute Gasteiger partial charge is 0.377 e. The van der Waals surface area contributed by atoms with Crippen LogP contribution >= 0.6 is 0 Å². The minimum atomic E-state index is -0.0387. The van der Waals surface area contributed by atoms with Crippen LogP contribution in [0, 0.1) is 0 Å². The third-order valence-electron chi connectivity index (χ3n) is 6.23. The number of ether oxygens (including phenoxy) is 1. The third kappa shape index (κ3) is 3.81. The molecule has 4 rings (SSSR count). The summed E-state index contributed by atoms with van der Waals surface area (Å²) in [4.78, 5) is 17.6. The van der Waals surface area contributed by atoms with E-state index in [0.717, 1.165) is 44.8 Å². The summed E-state index contributed by atoms with van der Waals surface area (Å²) in [5, 5.41) is 4.30. The number of hydrogen-bond acceptors (Lipinski definition) is 4. The van der Waals surface area contributed by atoms with Gasteiger partial charge >= 0.3 is 6.03 Å². The second-order valence-corrected chi connectivity index (χ2v) is 8.49. The van der Waals surface area contributed by atoms with Gasteiger partial charge in [0.15, 0.2) is 0 Å². The minimum absolute atomic E-state index is 0.0387. The van der Waals surface area contributed by atoms with Crippen molar-refractivity contribution in [2.75, 3.05) is 53.5 Å². The molecule has 0 saturated carbocycles. The summed E-state index contributed by atoms with van der Waals surface area (Å²) in [5.74, 6) is 0. The molecule has 0 atom stereocenters. The molecule has 0 bridgehead atoms. The van der Waals surface area contributed by atoms with Crippen molar-refractivity contribution in [3.8, 4) is 0 Å². The van der Waals surface area contributed by atoms with Gasteiger partial charge in [0.05, 0.1) is 24.3 Å². The first-order chi connectivity index (χ1) is 13.6. The number of nitrogens with one attached hydrogen (secondary N) is 1. The van der Waals surface area contributed by atoms with Gasteiger partial charge in [0.1, 0.15) is 0 Å². The molecule has 2 aliphatic heterocycles. The first-order valence-corrected chi connectivity index (χ1v) is 10.4. The number of hydrogen-bond donors (Lipinski definition) is 1. The van der Waals surface area contributed by atoms with E-state index in [2.05, 4.69) is 35.3 Å². The highest BCUT2D eigenvalue weighted by molar-refractivity contribution is 5.93. The Kier molecular flexibility index (Phi) is 5.71. The van der Waals surface area contributed by atoms with Crippen LogP contribution in [0.5, 0.6) is 0 Å². The van der Waals surface area contributed by atoms with Crippen LogP contribution in [-0.4, -0.2) is 79.4 Å². The Morgan fingerprint density at radius 1 is 1.25 bits per heavy atom. The normalized spacial score (nSPS) is 19.2. The number of amides is 1. The average Bonchev–Trinajstić information content (AvgIpc) is 3.04. The number of nitrogens with zero attached hydrogens (tertiary/aromatic N) is 3. The van der Waals surface area contributed by atoms with Crippen LogP contribution in [0.3, 0.4) is 0 Å². The van der Waals surface area contributed by atoms with Gasteiger partial charge in [0.25, 0.3) is 0 Å². The van der Waals surface area contributed by atoms with Gasteiger partial charge in [-0.05, 0) is 51.5 Å². The summed E-state index contributed by atoms with van der Waals surface area (Å²) in [6.07, 6.45) is 6.69. The Bertz CT molecular complexity index is 825. The van der Waals surface area contributed by atoms with Gasteiger partial charge in [0.2, 0.25) is 0 Å². The lowest BCUT2D eigenvalue weighted by atomic mass is 9.85. The summed E-state index contributed by atoms with van der Waals surface area (Å²) in [6, 6.07) is 8.14. The van der Waals surface area contributed by atoms with E-state index in [0.29, 0.717) is 6.54 Å². The summed E-state index contributed by atoms with van der Waals surface area (Å²) in [5.41, 5.74) is 2.44. The van der Waals surface area contributed by atoms with Crippen LogP contribution in [0.25, 0.3) is 10.9 Å². The molecule has 1 spiro atoms. The number of piperidine rings is 1. The molecule has 1 aromatic carbocycles. The molecule has 1 N–H and O–H groups in total. The van der Waals surface area contributed by atoms with E-state index in [9.17, 15) is 4.79 Å². The molecule has 152 valence electrons. The van der Waals surface area contributed by atoms with Crippen molar-refractivity contribution in [1.29, 1.82) is 0 Å². The minimum Gasteiger partial charge on any atom is -0.377 e. The van der Waals surface area contributed by atoms with E-state index in [4.69, 9.17) is 4.74 Å². The maximum absolute atomic E-state index is 12.9. The zero-order valence-electron chi connectivity index (χ0n) is 17.1. The highest BCUT2D eigenvalue weighted by atomic mass is 16.5. The molecule has 1 amide bonds. The Morgan fingerprint density at radius 2 is 2.07 bits per heavy atom. The molecule has 1 aromatic heterocycles. The molecule has 2 aromatic rings. The Balaban J connectivity index is 1.41. The van der Waals surface area contributed by atoms with Crippen molar-refractivity contribution >= 4 is 16.9 Å². The fraction of sp³-hybridized carbons (Fsp3) is 0.591. The molecule has 28 heavy (non-hydrogen) atoms. The second kappa shape index (κ2) is 8.23. The summed E-state index contributed by atoms with van der Waals surface area (Å²) < 4.78 is 7.27. The monoisotopic (exact) mass is 384 g/mol.